The summed E-state index contributed by atoms with van der Waals surface area (Å²) in [4.78, 5) is 2.40. The van der Waals surface area contributed by atoms with E-state index in [2.05, 4.69) is 36.3 Å². The largest absolute Gasteiger partial charge is 0.497 e. The standard InChI is InChI=1S/C15H24N2O/c1-12(13-6-8-15(18-3)9-7-13)16-14-5-4-10-17(2)11-14/h6-9,12,14,16H,4-5,10-11H2,1-3H3. The number of nitrogens with one attached hydrogen (secondary N) is 1. The SMILES string of the molecule is COc1ccc(C(C)NC2CCCN(C)C2)cc1. The van der Waals surface area contributed by atoms with Gasteiger partial charge in [-0.15, -0.1) is 0 Å². The average Bonchev–Trinajstić information content (AvgIpc) is 2.39. The first kappa shape index (κ1) is 13.4. The smallest absolute Gasteiger partial charge is 0.118 e. The molecule has 0 aliphatic carbocycles. The number of rotatable bonds is 4. The van der Waals surface area contributed by atoms with E-state index in [1.807, 2.05) is 12.1 Å². The molecule has 3 nitrogen and oxygen atoms in total. The van der Waals surface area contributed by atoms with Crippen LogP contribution in [0.3, 0.4) is 0 Å². The van der Waals surface area contributed by atoms with Gasteiger partial charge in [0, 0.05) is 18.6 Å². The van der Waals surface area contributed by atoms with E-state index in [4.69, 9.17) is 4.74 Å². The lowest BCUT2D eigenvalue weighted by molar-refractivity contribution is 0.218. The first-order valence-corrected chi connectivity index (χ1v) is 6.77. The molecule has 1 aromatic rings. The molecule has 100 valence electrons. The highest BCUT2D eigenvalue weighted by Gasteiger charge is 2.19. The minimum atomic E-state index is 0.396. The Labute approximate surface area is 110 Å². The maximum Gasteiger partial charge on any atom is 0.118 e. The topological polar surface area (TPSA) is 24.5 Å². The number of likely N-dealkylation sites (tertiary alicyclic amines) is 1. The Morgan fingerprint density at radius 1 is 1.33 bits per heavy atom. The van der Waals surface area contributed by atoms with Gasteiger partial charge in [0.1, 0.15) is 5.75 Å². The van der Waals surface area contributed by atoms with Crippen LogP contribution in [-0.4, -0.2) is 38.2 Å². The van der Waals surface area contributed by atoms with Crippen molar-refractivity contribution in [2.45, 2.75) is 31.8 Å². The number of piperidine rings is 1. The quantitative estimate of drug-likeness (QED) is 0.885. The van der Waals surface area contributed by atoms with Crippen LogP contribution in [0.4, 0.5) is 0 Å². The first-order valence-electron chi connectivity index (χ1n) is 6.77. The van der Waals surface area contributed by atoms with E-state index in [1.54, 1.807) is 7.11 Å². The Kier molecular flexibility index (Phi) is 4.61. The molecule has 2 atom stereocenters. The van der Waals surface area contributed by atoms with Gasteiger partial charge in [-0.1, -0.05) is 12.1 Å². The second-order valence-electron chi connectivity index (χ2n) is 5.26. The molecule has 1 aliphatic rings. The summed E-state index contributed by atoms with van der Waals surface area (Å²) in [5.41, 5.74) is 1.32. The lowest BCUT2D eigenvalue weighted by Gasteiger charge is -2.32. The van der Waals surface area contributed by atoms with Gasteiger partial charge >= 0.3 is 0 Å². The molecule has 1 fully saturated rings. The lowest BCUT2D eigenvalue weighted by Crippen LogP contribution is -2.44. The van der Waals surface area contributed by atoms with Crippen molar-refractivity contribution in [3.05, 3.63) is 29.8 Å². The molecule has 1 aromatic carbocycles. The predicted octanol–water partition coefficient (Wildman–Crippen LogP) is 2.44. The van der Waals surface area contributed by atoms with Crippen molar-refractivity contribution in [1.29, 1.82) is 0 Å². The number of benzene rings is 1. The number of ether oxygens (including phenoxy) is 1. The molecule has 0 bridgehead atoms. The van der Waals surface area contributed by atoms with E-state index < -0.39 is 0 Å². The number of nitrogens with zero attached hydrogens (tertiary/aromatic N) is 1. The van der Waals surface area contributed by atoms with Crippen LogP contribution < -0.4 is 10.1 Å². The van der Waals surface area contributed by atoms with Gasteiger partial charge in [-0.05, 0) is 51.1 Å². The van der Waals surface area contributed by atoms with E-state index in [-0.39, 0.29) is 0 Å². The average molecular weight is 248 g/mol. The fourth-order valence-corrected chi connectivity index (χ4v) is 2.64. The molecule has 1 saturated heterocycles. The summed E-state index contributed by atoms with van der Waals surface area (Å²) in [5.74, 6) is 0.920. The molecule has 2 rings (SSSR count). The van der Waals surface area contributed by atoms with Crippen molar-refractivity contribution in [2.75, 3.05) is 27.2 Å². The van der Waals surface area contributed by atoms with Crippen molar-refractivity contribution in [2.24, 2.45) is 0 Å². The van der Waals surface area contributed by atoms with E-state index in [0.29, 0.717) is 12.1 Å². The van der Waals surface area contributed by atoms with E-state index >= 15 is 0 Å². The van der Waals surface area contributed by atoms with E-state index in [1.165, 1.54) is 24.9 Å². The zero-order valence-corrected chi connectivity index (χ0v) is 11.6. The van der Waals surface area contributed by atoms with Crippen LogP contribution >= 0.6 is 0 Å². The number of likely N-dealkylation sites (N-methyl/N-ethyl adjacent to an activating group) is 1. The normalized spacial score (nSPS) is 22.7. The summed E-state index contributed by atoms with van der Waals surface area (Å²) in [5, 5.41) is 3.72. The van der Waals surface area contributed by atoms with E-state index in [0.717, 1.165) is 12.3 Å². The van der Waals surface area contributed by atoms with Crippen LogP contribution in [-0.2, 0) is 0 Å². The molecule has 3 heteroatoms. The Balaban J connectivity index is 1.91. The molecular weight excluding hydrogens is 224 g/mol. The summed E-state index contributed by atoms with van der Waals surface area (Å²) >= 11 is 0. The minimum Gasteiger partial charge on any atom is -0.497 e. The summed E-state index contributed by atoms with van der Waals surface area (Å²) in [6.07, 6.45) is 2.58. The maximum atomic E-state index is 5.19. The van der Waals surface area contributed by atoms with Gasteiger partial charge in [0.05, 0.1) is 7.11 Å². The van der Waals surface area contributed by atoms with Gasteiger partial charge < -0.3 is 15.0 Å². The summed E-state index contributed by atoms with van der Waals surface area (Å²) in [6.45, 7) is 4.62. The second-order valence-corrected chi connectivity index (χ2v) is 5.26. The Morgan fingerprint density at radius 3 is 2.67 bits per heavy atom. The zero-order chi connectivity index (χ0) is 13.0. The lowest BCUT2D eigenvalue weighted by atomic mass is 10.0. The first-order chi connectivity index (χ1) is 8.69. The van der Waals surface area contributed by atoms with Crippen LogP contribution in [0.15, 0.2) is 24.3 Å². The maximum absolute atomic E-state index is 5.19. The molecular formula is C15H24N2O. The fraction of sp³-hybridized carbons (Fsp3) is 0.600. The van der Waals surface area contributed by atoms with Crippen molar-refractivity contribution in [3.63, 3.8) is 0 Å². The predicted molar refractivity (Wildman–Crippen MR) is 75.1 cm³/mol. The minimum absolute atomic E-state index is 0.396. The third-order valence-electron chi connectivity index (χ3n) is 3.73. The summed E-state index contributed by atoms with van der Waals surface area (Å²) < 4.78 is 5.19. The highest BCUT2D eigenvalue weighted by atomic mass is 16.5. The highest BCUT2D eigenvalue weighted by molar-refractivity contribution is 5.28. The Bertz CT molecular complexity index is 363. The van der Waals surface area contributed by atoms with Crippen molar-refractivity contribution >= 4 is 0 Å². The van der Waals surface area contributed by atoms with Crippen molar-refractivity contribution in [3.8, 4) is 5.75 Å². The molecule has 0 saturated carbocycles. The molecule has 0 amide bonds. The molecule has 1 heterocycles. The summed E-state index contributed by atoms with van der Waals surface area (Å²) in [7, 11) is 3.90. The third kappa shape index (κ3) is 3.47. The number of hydrogen-bond donors (Lipinski definition) is 1. The van der Waals surface area contributed by atoms with Gasteiger partial charge in [0.2, 0.25) is 0 Å². The van der Waals surface area contributed by atoms with Crippen molar-refractivity contribution < 1.29 is 4.74 Å². The molecule has 1 N–H and O–H groups in total. The van der Waals surface area contributed by atoms with Crippen LogP contribution in [0.1, 0.15) is 31.4 Å². The molecule has 0 spiro atoms. The third-order valence-corrected chi connectivity index (χ3v) is 3.73. The molecule has 18 heavy (non-hydrogen) atoms. The van der Waals surface area contributed by atoms with Crippen LogP contribution in [0.5, 0.6) is 5.75 Å². The monoisotopic (exact) mass is 248 g/mol. The second kappa shape index (κ2) is 6.21. The Hall–Kier alpha value is -1.06. The Morgan fingerprint density at radius 2 is 2.06 bits per heavy atom. The molecule has 0 radical (unpaired) electrons. The van der Waals surface area contributed by atoms with Gasteiger partial charge in [0.15, 0.2) is 0 Å². The molecule has 1 aliphatic heterocycles. The molecule has 2 unspecified atom stereocenters. The summed E-state index contributed by atoms with van der Waals surface area (Å²) in [6, 6.07) is 9.35. The number of hydrogen-bond acceptors (Lipinski definition) is 3. The van der Waals surface area contributed by atoms with Gasteiger partial charge in [0.25, 0.3) is 0 Å². The van der Waals surface area contributed by atoms with Crippen molar-refractivity contribution in [1.82, 2.24) is 10.2 Å². The van der Waals surface area contributed by atoms with Crippen LogP contribution in [0.2, 0.25) is 0 Å². The molecule has 0 aromatic heterocycles. The van der Waals surface area contributed by atoms with E-state index in [9.17, 15) is 0 Å². The van der Waals surface area contributed by atoms with Crippen LogP contribution in [0.25, 0.3) is 0 Å². The highest BCUT2D eigenvalue weighted by Crippen LogP contribution is 2.19. The van der Waals surface area contributed by atoms with Gasteiger partial charge in [-0.3, -0.25) is 0 Å². The van der Waals surface area contributed by atoms with Gasteiger partial charge in [-0.25, -0.2) is 0 Å². The van der Waals surface area contributed by atoms with Gasteiger partial charge in [-0.2, -0.15) is 0 Å². The number of methoxy groups -OCH3 is 1. The fourth-order valence-electron chi connectivity index (χ4n) is 2.64. The zero-order valence-electron chi connectivity index (χ0n) is 11.6. The van der Waals surface area contributed by atoms with Crippen LogP contribution in [0, 0.1) is 0 Å².